The van der Waals surface area contributed by atoms with E-state index in [1.165, 1.54) is 0 Å². The molecule has 0 spiro atoms. The van der Waals surface area contributed by atoms with Crippen LogP contribution in [0.3, 0.4) is 0 Å². The minimum atomic E-state index is -0.317. The molecule has 2 heterocycles. The zero-order valence-electron chi connectivity index (χ0n) is 9.69. The van der Waals surface area contributed by atoms with Crippen LogP contribution in [0.15, 0.2) is 55.0 Å². The van der Waals surface area contributed by atoms with E-state index >= 15 is 0 Å². The Balaban J connectivity index is 2.02. The number of hydrogen-bond acceptors (Lipinski definition) is 3. The fourth-order valence-electron chi connectivity index (χ4n) is 1.92. The lowest BCUT2D eigenvalue weighted by Crippen LogP contribution is -2.18. The molecule has 90 valence electrons. The van der Waals surface area contributed by atoms with Crippen molar-refractivity contribution in [2.75, 3.05) is 0 Å². The van der Waals surface area contributed by atoms with E-state index in [1.54, 1.807) is 18.6 Å². The Bertz CT molecular complexity index is 612. The monoisotopic (exact) mass is 239 g/mol. The van der Waals surface area contributed by atoms with Gasteiger partial charge in [0.1, 0.15) is 11.9 Å². The van der Waals surface area contributed by atoms with Crippen molar-refractivity contribution in [3.63, 3.8) is 0 Å². The van der Waals surface area contributed by atoms with Gasteiger partial charge in [0.05, 0.1) is 11.4 Å². The summed E-state index contributed by atoms with van der Waals surface area (Å²) < 4.78 is 1.83. The first-order chi connectivity index (χ1) is 8.86. The van der Waals surface area contributed by atoms with Crippen LogP contribution >= 0.6 is 0 Å². The molecule has 5 nitrogen and oxygen atoms in total. The number of nitrogens with one attached hydrogen (secondary N) is 1. The Morgan fingerprint density at radius 2 is 1.94 bits per heavy atom. The summed E-state index contributed by atoms with van der Waals surface area (Å²) in [6, 6.07) is 11.5. The van der Waals surface area contributed by atoms with Gasteiger partial charge < -0.3 is 10.7 Å². The van der Waals surface area contributed by atoms with Gasteiger partial charge in [0, 0.05) is 18.6 Å². The molecule has 1 unspecified atom stereocenters. The van der Waals surface area contributed by atoms with Crippen LogP contribution in [0.1, 0.15) is 17.6 Å². The van der Waals surface area contributed by atoms with Gasteiger partial charge in [-0.25, -0.2) is 9.67 Å². The number of benzene rings is 1. The number of para-hydroxylation sites is 1. The van der Waals surface area contributed by atoms with E-state index in [-0.39, 0.29) is 6.04 Å². The molecule has 0 radical (unpaired) electrons. The molecule has 0 bridgehead atoms. The molecule has 3 rings (SSSR count). The second-order valence-electron chi connectivity index (χ2n) is 3.96. The van der Waals surface area contributed by atoms with E-state index in [1.807, 2.05) is 41.1 Å². The average molecular weight is 239 g/mol. The molecule has 0 fully saturated rings. The smallest absolute Gasteiger partial charge is 0.129 e. The van der Waals surface area contributed by atoms with Crippen LogP contribution in [0.5, 0.6) is 0 Å². The standard InChI is InChI=1S/C13H13N5/c14-12(13-15-8-9-16-13)11-6-7-17-18(11)10-4-2-1-3-5-10/h1-9,12H,14H2,(H,15,16). The highest BCUT2D eigenvalue weighted by Gasteiger charge is 2.16. The number of nitrogens with two attached hydrogens (primary N) is 1. The predicted octanol–water partition coefficient (Wildman–Crippen LogP) is 1.64. The lowest BCUT2D eigenvalue weighted by molar-refractivity contribution is 0.709. The second-order valence-corrected chi connectivity index (χ2v) is 3.96. The summed E-state index contributed by atoms with van der Waals surface area (Å²) in [5.74, 6) is 0.729. The number of aromatic amines is 1. The highest BCUT2D eigenvalue weighted by Crippen LogP contribution is 2.19. The zero-order chi connectivity index (χ0) is 12.4. The molecule has 1 aromatic carbocycles. The first-order valence-corrected chi connectivity index (χ1v) is 5.70. The van der Waals surface area contributed by atoms with E-state index in [0.717, 1.165) is 17.2 Å². The SMILES string of the molecule is NC(c1ncc[nH]1)c1ccnn1-c1ccccc1. The van der Waals surface area contributed by atoms with Gasteiger partial charge in [0.15, 0.2) is 0 Å². The molecule has 3 N–H and O–H groups in total. The summed E-state index contributed by atoms with van der Waals surface area (Å²) in [6.45, 7) is 0. The van der Waals surface area contributed by atoms with E-state index in [0.29, 0.717) is 0 Å². The van der Waals surface area contributed by atoms with Crippen LogP contribution in [-0.2, 0) is 0 Å². The first kappa shape index (κ1) is 10.7. The quantitative estimate of drug-likeness (QED) is 0.729. The van der Waals surface area contributed by atoms with Gasteiger partial charge in [-0.2, -0.15) is 5.10 Å². The van der Waals surface area contributed by atoms with Gasteiger partial charge in [0.2, 0.25) is 0 Å². The lowest BCUT2D eigenvalue weighted by atomic mass is 10.2. The summed E-state index contributed by atoms with van der Waals surface area (Å²) in [7, 11) is 0. The molecule has 0 saturated carbocycles. The Labute approximate surface area is 104 Å². The number of hydrogen-bond donors (Lipinski definition) is 2. The van der Waals surface area contributed by atoms with Crippen LogP contribution in [0.25, 0.3) is 5.69 Å². The fraction of sp³-hybridized carbons (Fsp3) is 0.0769. The van der Waals surface area contributed by atoms with Gasteiger partial charge in [-0.15, -0.1) is 0 Å². The molecule has 5 heteroatoms. The van der Waals surface area contributed by atoms with Gasteiger partial charge in [-0.3, -0.25) is 0 Å². The van der Waals surface area contributed by atoms with Crippen molar-refractivity contribution in [3.8, 4) is 5.69 Å². The summed E-state index contributed by atoms with van der Waals surface area (Å²) in [5.41, 5.74) is 8.07. The van der Waals surface area contributed by atoms with E-state index < -0.39 is 0 Å². The molecule has 0 aliphatic heterocycles. The maximum Gasteiger partial charge on any atom is 0.129 e. The van der Waals surface area contributed by atoms with Crippen molar-refractivity contribution in [1.82, 2.24) is 19.7 Å². The van der Waals surface area contributed by atoms with Crippen molar-refractivity contribution in [2.24, 2.45) is 5.73 Å². The number of rotatable bonds is 3. The van der Waals surface area contributed by atoms with Crippen LogP contribution < -0.4 is 5.73 Å². The number of H-pyrrole nitrogens is 1. The lowest BCUT2D eigenvalue weighted by Gasteiger charge is -2.12. The maximum absolute atomic E-state index is 6.19. The Kier molecular flexibility index (Phi) is 2.66. The van der Waals surface area contributed by atoms with E-state index in [2.05, 4.69) is 15.1 Å². The molecule has 0 aliphatic carbocycles. The molecular weight excluding hydrogens is 226 g/mol. The van der Waals surface area contributed by atoms with Crippen LogP contribution in [0.4, 0.5) is 0 Å². The third kappa shape index (κ3) is 1.80. The highest BCUT2D eigenvalue weighted by atomic mass is 15.3. The number of nitrogens with zero attached hydrogens (tertiary/aromatic N) is 3. The molecule has 1 atom stereocenters. The van der Waals surface area contributed by atoms with Crippen molar-refractivity contribution in [3.05, 3.63) is 66.5 Å². The number of aromatic nitrogens is 4. The summed E-state index contributed by atoms with van der Waals surface area (Å²) in [6.07, 6.45) is 5.20. The molecule has 0 saturated heterocycles. The molecule has 2 aromatic heterocycles. The Morgan fingerprint density at radius 1 is 1.11 bits per heavy atom. The van der Waals surface area contributed by atoms with E-state index in [9.17, 15) is 0 Å². The Hall–Kier alpha value is -2.40. The third-order valence-corrected chi connectivity index (χ3v) is 2.81. The maximum atomic E-state index is 6.19. The van der Waals surface area contributed by atoms with Crippen molar-refractivity contribution in [2.45, 2.75) is 6.04 Å². The summed E-state index contributed by atoms with van der Waals surface area (Å²) >= 11 is 0. The first-order valence-electron chi connectivity index (χ1n) is 5.70. The van der Waals surface area contributed by atoms with Gasteiger partial charge >= 0.3 is 0 Å². The highest BCUT2D eigenvalue weighted by molar-refractivity contribution is 5.34. The molecule has 3 aromatic rings. The van der Waals surface area contributed by atoms with Crippen molar-refractivity contribution in [1.29, 1.82) is 0 Å². The fourth-order valence-corrected chi connectivity index (χ4v) is 1.92. The second kappa shape index (κ2) is 4.46. The van der Waals surface area contributed by atoms with Gasteiger partial charge in [-0.05, 0) is 18.2 Å². The molecule has 18 heavy (non-hydrogen) atoms. The van der Waals surface area contributed by atoms with Gasteiger partial charge in [-0.1, -0.05) is 18.2 Å². The van der Waals surface area contributed by atoms with Crippen molar-refractivity contribution >= 4 is 0 Å². The predicted molar refractivity (Wildman–Crippen MR) is 68.2 cm³/mol. The normalized spacial score (nSPS) is 12.5. The van der Waals surface area contributed by atoms with Crippen LogP contribution in [0.2, 0.25) is 0 Å². The van der Waals surface area contributed by atoms with Gasteiger partial charge in [0.25, 0.3) is 0 Å². The zero-order valence-corrected chi connectivity index (χ0v) is 9.69. The minimum absolute atomic E-state index is 0.317. The average Bonchev–Trinajstić information content (AvgIpc) is 3.10. The molecule has 0 amide bonds. The van der Waals surface area contributed by atoms with Crippen LogP contribution in [-0.4, -0.2) is 19.7 Å². The number of imidazole rings is 1. The topological polar surface area (TPSA) is 72.5 Å². The third-order valence-electron chi connectivity index (χ3n) is 2.81. The summed E-state index contributed by atoms with van der Waals surface area (Å²) in [5, 5.41) is 4.31. The van der Waals surface area contributed by atoms with Crippen molar-refractivity contribution < 1.29 is 0 Å². The van der Waals surface area contributed by atoms with E-state index in [4.69, 9.17) is 5.73 Å². The summed E-state index contributed by atoms with van der Waals surface area (Å²) in [4.78, 5) is 7.21. The Morgan fingerprint density at radius 3 is 2.67 bits per heavy atom. The van der Waals surface area contributed by atoms with Crippen LogP contribution in [0, 0.1) is 0 Å². The molecule has 0 aliphatic rings. The largest absolute Gasteiger partial charge is 0.347 e. The molecular formula is C13H13N5. The minimum Gasteiger partial charge on any atom is -0.347 e.